The molecule has 0 saturated heterocycles. The zero-order chi connectivity index (χ0) is 13.3. The van der Waals surface area contributed by atoms with E-state index in [-0.39, 0.29) is 10.8 Å². The zero-order valence-electron chi connectivity index (χ0n) is 9.77. The summed E-state index contributed by atoms with van der Waals surface area (Å²) in [5.41, 5.74) is 0.548. The third kappa shape index (κ3) is 2.52. The largest absolute Gasteiger partial charge is 0.403 e. The lowest BCUT2D eigenvalue weighted by Crippen LogP contribution is -2.33. The third-order valence-electron chi connectivity index (χ3n) is 2.27. The highest BCUT2D eigenvalue weighted by Gasteiger charge is 2.29. The number of cyclic esters (lactones) is 1. The molecule has 0 aromatic heterocycles. The van der Waals surface area contributed by atoms with Crippen LogP contribution in [0.2, 0.25) is 5.02 Å². The molecular weight excluding hydrogens is 274 g/mol. The normalized spacial score (nSPS) is 15.8. The van der Waals surface area contributed by atoms with Crippen molar-refractivity contribution in [1.29, 1.82) is 0 Å². The number of ether oxygens (including phenoxy) is 1. The van der Waals surface area contributed by atoms with Crippen molar-refractivity contribution >= 4 is 44.7 Å². The van der Waals surface area contributed by atoms with E-state index in [0.29, 0.717) is 10.6 Å². The number of carbonyl (C=O) groups excluding carboxylic acids is 2. The molecule has 1 heterocycles. The average molecular weight is 284 g/mol. The first-order chi connectivity index (χ1) is 8.49. The molecule has 4 nitrogen and oxygen atoms in total. The Hall–Kier alpha value is -1.46. The Balaban J connectivity index is 2.42. The molecule has 1 aliphatic rings. The van der Waals surface area contributed by atoms with Gasteiger partial charge in [0.1, 0.15) is 0 Å². The van der Waals surface area contributed by atoms with E-state index >= 15 is 0 Å². The van der Waals surface area contributed by atoms with E-state index in [4.69, 9.17) is 16.3 Å². The van der Waals surface area contributed by atoms with Gasteiger partial charge >= 0.3 is 5.97 Å². The highest BCUT2D eigenvalue weighted by Crippen LogP contribution is 2.16. The standard InChI is InChI=1S/C12H10ClNO3S/c1-18(2)9-10(15)14-11(17-12(9)16)7-3-5-8(13)6-4-7/h3-6H,1-2H3. The van der Waals surface area contributed by atoms with E-state index in [1.807, 2.05) is 0 Å². The van der Waals surface area contributed by atoms with Crippen molar-refractivity contribution in [2.75, 3.05) is 12.5 Å². The number of hydrogen-bond acceptors (Lipinski definition) is 3. The van der Waals surface area contributed by atoms with Crippen molar-refractivity contribution in [2.45, 2.75) is 0 Å². The molecule has 0 unspecified atom stereocenters. The van der Waals surface area contributed by atoms with Crippen LogP contribution in [-0.4, -0.2) is 35.2 Å². The van der Waals surface area contributed by atoms with Gasteiger partial charge in [0, 0.05) is 10.6 Å². The smallest absolute Gasteiger partial charge is 0.356 e. The Labute approximate surface area is 112 Å². The van der Waals surface area contributed by atoms with E-state index in [9.17, 15) is 9.59 Å². The average Bonchev–Trinajstić information content (AvgIpc) is 2.28. The molecule has 1 aliphatic heterocycles. The molecule has 1 aromatic carbocycles. The van der Waals surface area contributed by atoms with Crippen molar-refractivity contribution < 1.29 is 14.3 Å². The summed E-state index contributed by atoms with van der Waals surface area (Å²) >= 11 is 5.76. The van der Waals surface area contributed by atoms with Crippen LogP contribution < -0.4 is 0 Å². The van der Waals surface area contributed by atoms with Gasteiger partial charge in [-0.25, -0.2) is 4.79 Å². The number of hydrogen-bond donors (Lipinski definition) is 0. The summed E-state index contributed by atoms with van der Waals surface area (Å²) in [6, 6.07) is 6.57. The van der Waals surface area contributed by atoms with Crippen LogP contribution in [0.25, 0.3) is 0 Å². The Morgan fingerprint density at radius 2 is 1.78 bits per heavy atom. The van der Waals surface area contributed by atoms with E-state index < -0.39 is 22.4 Å². The molecule has 0 saturated carbocycles. The van der Waals surface area contributed by atoms with E-state index in [0.717, 1.165) is 0 Å². The third-order valence-corrected chi connectivity index (χ3v) is 3.68. The first-order valence-corrected chi connectivity index (χ1v) is 7.46. The van der Waals surface area contributed by atoms with E-state index in [1.165, 1.54) is 0 Å². The molecule has 1 amide bonds. The van der Waals surface area contributed by atoms with Gasteiger partial charge in [0.25, 0.3) is 5.91 Å². The van der Waals surface area contributed by atoms with Crippen molar-refractivity contribution in [3.05, 3.63) is 34.9 Å². The lowest BCUT2D eigenvalue weighted by atomic mass is 10.2. The highest BCUT2D eigenvalue weighted by molar-refractivity contribution is 8.16. The Bertz CT molecular complexity index is 586. The van der Waals surface area contributed by atoms with Gasteiger partial charge in [0.15, 0.2) is 4.86 Å². The maximum atomic E-state index is 11.8. The number of rotatable bonds is 1. The minimum atomic E-state index is -0.617. The molecule has 0 radical (unpaired) electrons. The molecule has 0 atom stereocenters. The summed E-state index contributed by atoms with van der Waals surface area (Å²) in [6.07, 6.45) is 3.55. The fraction of sp³-hybridized carbons (Fsp3) is 0.167. The topological polar surface area (TPSA) is 55.7 Å². The molecular formula is C12H10ClNO3S. The first-order valence-electron chi connectivity index (χ1n) is 5.04. The minimum absolute atomic E-state index is 0.0240. The Morgan fingerprint density at radius 3 is 2.28 bits per heavy atom. The fourth-order valence-electron chi connectivity index (χ4n) is 1.44. The maximum Gasteiger partial charge on any atom is 0.356 e. The van der Waals surface area contributed by atoms with Crippen LogP contribution in [0.5, 0.6) is 0 Å². The molecule has 0 fully saturated rings. The van der Waals surface area contributed by atoms with Crippen LogP contribution >= 0.6 is 22.1 Å². The second kappa shape index (κ2) is 5.04. The number of halogens is 1. The van der Waals surface area contributed by atoms with Crippen LogP contribution in [0.1, 0.15) is 5.56 Å². The summed E-state index contributed by atoms with van der Waals surface area (Å²) in [7, 11) is -0.473. The van der Waals surface area contributed by atoms with Crippen molar-refractivity contribution in [3.8, 4) is 0 Å². The number of aliphatic imine (C=N–C) groups is 1. The van der Waals surface area contributed by atoms with Crippen LogP contribution in [0.15, 0.2) is 29.3 Å². The van der Waals surface area contributed by atoms with Gasteiger partial charge in [0.2, 0.25) is 5.90 Å². The summed E-state index contributed by atoms with van der Waals surface area (Å²) in [5, 5.41) is 0.559. The quantitative estimate of drug-likeness (QED) is 0.584. The second-order valence-corrected chi connectivity index (χ2v) is 6.24. The molecule has 0 spiro atoms. The molecule has 18 heavy (non-hydrogen) atoms. The lowest BCUT2D eigenvalue weighted by molar-refractivity contribution is -0.129. The SMILES string of the molecule is CS(C)=C1C(=O)N=C(c2ccc(Cl)cc2)OC1=O. The van der Waals surface area contributed by atoms with Crippen LogP contribution in [-0.2, 0) is 14.3 Å². The van der Waals surface area contributed by atoms with Gasteiger partial charge in [0.05, 0.1) is 0 Å². The molecule has 94 valence electrons. The van der Waals surface area contributed by atoms with Gasteiger partial charge in [-0.2, -0.15) is 15.5 Å². The lowest BCUT2D eigenvalue weighted by Gasteiger charge is -2.14. The molecule has 1 aromatic rings. The van der Waals surface area contributed by atoms with Crippen molar-refractivity contribution in [3.63, 3.8) is 0 Å². The number of esters is 1. The zero-order valence-corrected chi connectivity index (χ0v) is 11.3. The number of benzene rings is 1. The second-order valence-electron chi connectivity index (χ2n) is 3.76. The van der Waals surface area contributed by atoms with Gasteiger partial charge in [-0.3, -0.25) is 4.79 Å². The van der Waals surface area contributed by atoms with Crippen LogP contribution in [0.4, 0.5) is 0 Å². The van der Waals surface area contributed by atoms with Gasteiger partial charge in [-0.05, 0) is 36.8 Å². The Morgan fingerprint density at radius 1 is 1.17 bits per heavy atom. The molecule has 0 N–H and O–H groups in total. The minimum Gasteiger partial charge on any atom is -0.403 e. The molecule has 0 bridgehead atoms. The van der Waals surface area contributed by atoms with Gasteiger partial charge in [-0.15, -0.1) is 0 Å². The van der Waals surface area contributed by atoms with Crippen LogP contribution in [0.3, 0.4) is 0 Å². The van der Waals surface area contributed by atoms with Gasteiger partial charge in [-0.1, -0.05) is 11.6 Å². The monoisotopic (exact) mass is 283 g/mol. The molecule has 6 heteroatoms. The van der Waals surface area contributed by atoms with Crippen molar-refractivity contribution in [2.24, 2.45) is 4.99 Å². The predicted octanol–water partition coefficient (Wildman–Crippen LogP) is 1.87. The Kier molecular flexibility index (Phi) is 3.63. The van der Waals surface area contributed by atoms with Crippen LogP contribution in [0, 0.1) is 0 Å². The molecule has 2 rings (SSSR count). The highest BCUT2D eigenvalue weighted by atomic mass is 35.5. The molecule has 0 aliphatic carbocycles. The number of nitrogens with zero attached hydrogens (tertiary/aromatic N) is 1. The summed E-state index contributed by atoms with van der Waals surface area (Å²) in [6.45, 7) is 0. The van der Waals surface area contributed by atoms with E-state index in [1.54, 1.807) is 36.8 Å². The fourth-order valence-corrected chi connectivity index (χ4v) is 2.34. The first kappa shape index (κ1) is 13.0. The number of amides is 1. The summed E-state index contributed by atoms with van der Waals surface area (Å²) in [5.74, 6) is -1.12. The summed E-state index contributed by atoms with van der Waals surface area (Å²) in [4.78, 5) is 27.4. The summed E-state index contributed by atoms with van der Waals surface area (Å²) < 4.78 is 5.07. The van der Waals surface area contributed by atoms with Gasteiger partial charge < -0.3 is 4.74 Å². The van der Waals surface area contributed by atoms with Crippen molar-refractivity contribution in [1.82, 2.24) is 0 Å². The van der Waals surface area contributed by atoms with E-state index in [2.05, 4.69) is 4.99 Å². The number of carbonyl (C=O) groups is 2. The maximum absolute atomic E-state index is 11.8. The predicted molar refractivity (Wildman–Crippen MR) is 73.5 cm³/mol.